The summed E-state index contributed by atoms with van der Waals surface area (Å²) in [7, 11) is -3.61. The highest BCUT2D eigenvalue weighted by Crippen LogP contribution is 2.20. The molecular weight excluding hydrogens is 274 g/mol. The van der Waals surface area contributed by atoms with Crippen LogP contribution in [0.4, 0.5) is 0 Å². The zero-order valence-corrected chi connectivity index (χ0v) is 11.2. The third kappa shape index (κ3) is 2.72. The van der Waals surface area contributed by atoms with Gasteiger partial charge in [0, 0.05) is 17.8 Å². The summed E-state index contributed by atoms with van der Waals surface area (Å²) in [4.78, 5) is 0.0767. The molecular formula is C11H12ClN3O2S. The Balaban J connectivity index is 2.19. The lowest BCUT2D eigenvalue weighted by atomic mass is 10.3. The first-order valence-electron chi connectivity index (χ1n) is 5.24. The number of H-pyrrole nitrogens is 1. The van der Waals surface area contributed by atoms with Gasteiger partial charge in [0.1, 0.15) is 4.90 Å². The largest absolute Gasteiger partial charge is 0.283 e. The highest BCUT2D eigenvalue weighted by atomic mass is 35.5. The van der Waals surface area contributed by atoms with Gasteiger partial charge in [0.2, 0.25) is 10.0 Å². The highest BCUT2D eigenvalue weighted by Gasteiger charge is 2.17. The van der Waals surface area contributed by atoms with E-state index in [-0.39, 0.29) is 16.5 Å². The Bertz CT molecular complexity index is 652. The first-order chi connectivity index (χ1) is 8.50. The van der Waals surface area contributed by atoms with Gasteiger partial charge in [-0.2, -0.15) is 5.10 Å². The third-order valence-electron chi connectivity index (χ3n) is 2.51. The van der Waals surface area contributed by atoms with Gasteiger partial charge in [-0.05, 0) is 19.1 Å². The summed E-state index contributed by atoms with van der Waals surface area (Å²) >= 11 is 5.86. The van der Waals surface area contributed by atoms with Crippen molar-refractivity contribution in [3.8, 4) is 0 Å². The molecule has 2 N–H and O–H groups in total. The van der Waals surface area contributed by atoms with Crippen LogP contribution in [0.3, 0.4) is 0 Å². The zero-order valence-electron chi connectivity index (χ0n) is 9.64. The molecule has 0 atom stereocenters. The molecule has 2 aromatic rings. The van der Waals surface area contributed by atoms with Gasteiger partial charge in [-0.1, -0.05) is 23.7 Å². The van der Waals surface area contributed by atoms with Crippen LogP contribution in [0.1, 0.15) is 11.3 Å². The third-order valence-corrected chi connectivity index (χ3v) is 4.41. The maximum atomic E-state index is 12.0. The Hall–Kier alpha value is -1.37. The molecule has 1 heterocycles. The number of rotatable bonds is 4. The highest BCUT2D eigenvalue weighted by molar-refractivity contribution is 7.89. The summed E-state index contributed by atoms with van der Waals surface area (Å²) in [5, 5.41) is 6.77. The molecule has 5 nitrogen and oxygen atoms in total. The van der Waals surface area contributed by atoms with Crippen LogP contribution in [0, 0.1) is 6.92 Å². The lowest BCUT2D eigenvalue weighted by Gasteiger charge is -2.07. The lowest BCUT2D eigenvalue weighted by molar-refractivity contribution is 0.581. The molecule has 0 radical (unpaired) electrons. The number of nitrogens with zero attached hydrogens (tertiary/aromatic N) is 1. The Morgan fingerprint density at radius 3 is 2.72 bits per heavy atom. The second-order valence-corrected chi connectivity index (χ2v) is 5.92. The molecule has 2 rings (SSSR count). The van der Waals surface area contributed by atoms with Gasteiger partial charge >= 0.3 is 0 Å². The number of hydrogen-bond donors (Lipinski definition) is 2. The summed E-state index contributed by atoms with van der Waals surface area (Å²) in [6.45, 7) is 2.00. The fraction of sp³-hybridized carbons (Fsp3) is 0.182. The topological polar surface area (TPSA) is 74.8 Å². The Morgan fingerprint density at radius 1 is 1.39 bits per heavy atom. The minimum atomic E-state index is -3.61. The van der Waals surface area contributed by atoms with Gasteiger partial charge in [0.25, 0.3) is 0 Å². The maximum Gasteiger partial charge on any atom is 0.242 e. The van der Waals surface area contributed by atoms with Crippen LogP contribution in [0.25, 0.3) is 0 Å². The molecule has 0 saturated carbocycles. The summed E-state index contributed by atoms with van der Waals surface area (Å²) in [5.41, 5.74) is 1.63. The lowest BCUT2D eigenvalue weighted by Crippen LogP contribution is -2.23. The molecule has 0 aliphatic carbocycles. The van der Waals surface area contributed by atoms with Gasteiger partial charge < -0.3 is 0 Å². The minimum Gasteiger partial charge on any atom is -0.283 e. The Labute approximate surface area is 110 Å². The van der Waals surface area contributed by atoms with E-state index >= 15 is 0 Å². The van der Waals surface area contributed by atoms with Crippen molar-refractivity contribution in [1.82, 2.24) is 14.9 Å². The van der Waals surface area contributed by atoms with E-state index < -0.39 is 10.0 Å². The molecule has 0 bridgehead atoms. The first-order valence-corrected chi connectivity index (χ1v) is 7.10. The van der Waals surface area contributed by atoms with E-state index in [0.29, 0.717) is 0 Å². The standard InChI is InChI=1S/C11H12ClN3O2S/c1-8-9(6-13-15-8)7-14-18(16,17)11-5-3-2-4-10(11)12/h2-6,14H,7H2,1H3,(H,13,15). The number of hydrogen-bond acceptors (Lipinski definition) is 3. The van der Waals surface area contributed by atoms with Gasteiger partial charge in [-0.3, -0.25) is 5.10 Å². The average molecular weight is 286 g/mol. The van der Waals surface area contributed by atoms with Crippen LogP contribution < -0.4 is 4.72 Å². The van der Waals surface area contributed by atoms with Crippen molar-refractivity contribution in [2.24, 2.45) is 0 Å². The maximum absolute atomic E-state index is 12.0. The molecule has 1 aromatic heterocycles. The average Bonchev–Trinajstić information content (AvgIpc) is 2.73. The van der Waals surface area contributed by atoms with Crippen molar-refractivity contribution in [3.05, 3.63) is 46.7 Å². The van der Waals surface area contributed by atoms with E-state index in [4.69, 9.17) is 11.6 Å². The van der Waals surface area contributed by atoms with E-state index in [0.717, 1.165) is 11.3 Å². The van der Waals surface area contributed by atoms with Crippen LogP contribution in [0.5, 0.6) is 0 Å². The van der Waals surface area contributed by atoms with E-state index in [1.54, 1.807) is 24.4 Å². The van der Waals surface area contributed by atoms with Crippen LogP contribution in [-0.2, 0) is 16.6 Å². The molecule has 0 fully saturated rings. The minimum absolute atomic E-state index is 0.0767. The summed E-state index contributed by atoms with van der Waals surface area (Å²) < 4.78 is 26.6. The van der Waals surface area contributed by atoms with E-state index in [9.17, 15) is 8.42 Å². The Kier molecular flexibility index (Phi) is 3.70. The van der Waals surface area contributed by atoms with E-state index in [1.807, 2.05) is 6.92 Å². The molecule has 1 aromatic carbocycles. The van der Waals surface area contributed by atoms with Crippen LogP contribution >= 0.6 is 11.6 Å². The van der Waals surface area contributed by atoms with Crippen molar-refractivity contribution in [1.29, 1.82) is 0 Å². The van der Waals surface area contributed by atoms with Crippen molar-refractivity contribution >= 4 is 21.6 Å². The molecule has 18 heavy (non-hydrogen) atoms. The molecule has 7 heteroatoms. The molecule has 0 spiro atoms. The van der Waals surface area contributed by atoms with Crippen LogP contribution in [0.15, 0.2) is 35.4 Å². The van der Waals surface area contributed by atoms with Gasteiger partial charge in [-0.15, -0.1) is 0 Å². The van der Waals surface area contributed by atoms with Crippen molar-refractivity contribution in [3.63, 3.8) is 0 Å². The van der Waals surface area contributed by atoms with Gasteiger partial charge in [-0.25, -0.2) is 13.1 Å². The number of aryl methyl sites for hydroxylation is 1. The quantitative estimate of drug-likeness (QED) is 0.900. The smallest absolute Gasteiger partial charge is 0.242 e. The fourth-order valence-corrected chi connectivity index (χ4v) is 2.99. The second-order valence-electron chi connectivity index (χ2n) is 3.78. The number of aromatic amines is 1. The van der Waals surface area contributed by atoms with Crippen molar-refractivity contribution in [2.75, 3.05) is 0 Å². The number of nitrogens with one attached hydrogen (secondary N) is 2. The predicted molar refractivity (Wildman–Crippen MR) is 68.8 cm³/mol. The monoisotopic (exact) mass is 285 g/mol. The fourth-order valence-electron chi connectivity index (χ4n) is 1.47. The van der Waals surface area contributed by atoms with Gasteiger partial charge in [0.05, 0.1) is 11.2 Å². The van der Waals surface area contributed by atoms with Crippen LogP contribution in [-0.4, -0.2) is 18.6 Å². The predicted octanol–water partition coefficient (Wildman–Crippen LogP) is 1.85. The summed E-state index contributed by atoms with van der Waals surface area (Å²) in [6, 6.07) is 6.32. The number of benzene rings is 1. The zero-order chi connectivity index (χ0) is 13.2. The summed E-state index contributed by atoms with van der Waals surface area (Å²) in [6.07, 6.45) is 1.59. The number of halogens is 1. The molecule has 0 aliphatic rings. The first kappa shape index (κ1) is 13.1. The SMILES string of the molecule is Cc1[nH]ncc1CNS(=O)(=O)c1ccccc1Cl. The normalized spacial score (nSPS) is 11.7. The second kappa shape index (κ2) is 5.09. The number of sulfonamides is 1. The van der Waals surface area contributed by atoms with Crippen molar-refractivity contribution in [2.45, 2.75) is 18.4 Å². The van der Waals surface area contributed by atoms with E-state index in [1.165, 1.54) is 6.07 Å². The van der Waals surface area contributed by atoms with Crippen LogP contribution in [0.2, 0.25) is 5.02 Å². The van der Waals surface area contributed by atoms with Gasteiger partial charge in [0.15, 0.2) is 0 Å². The van der Waals surface area contributed by atoms with Crippen molar-refractivity contribution < 1.29 is 8.42 Å². The summed E-state index contributed by atoms with van der Waals surface area (Å²) in [5.74, 6) is 0. The number of aromatic nitrogens is 2. The van der Waals surface area contributed by atoms with E-state index in [2.05, 4.69) is 14.9 Å². The molecule has 0 amide bonds. The molecule has 96 valence electrons. The Morgan fingerprint density at radius 2 is 2.11 bits per heavy atom. The molecule has 0 aliphatic heterocycles. The molecule has 0 unspecified atom stereocenters. The molecule has 0 saturated heterocycles.